The maximum absolute atomic E-state index is 12.7. The van der Waals surface area contributed by atoms with Gasteiger partial charge in [-0.1, -0.05) is 19.3 Å². The van der Waals surface area contributed by atoms with Gasteiger partial charge in [-0.25, -0.2) is 8.42 Å². The predicted molar refractivity (Wildman–Crippen MR) is 77.7 cm³/mol. The van der Waals surface area contributed by atoms with Crippen molar-refractivity contribution in [2.24, 2.45) is 5.73 Å². The van der Waals surface area contributed by atoms with E-state index in [1.54, 1.807) is 11.8 Å². The average molecular weight is 306 g/mol. The molecular weight excluding hydrogens is 284 g/mol. The highest BCUT2D eigenvalue weighted by molar-refractivity contribution is 8.00. The number of carbonyl (C=O) groups excluding carboxylic acids is 1. The Bertz CT molecular complexity index is 444. The third kappa shape index (κ3) is 3.25. The molecule has 0 aromatic carbocycles. The van der Waals surface area contributed by atoms with Crippen molar-refractivity contribution in [3.8, 4) is 0 Å². The van der Waals surface area contributed by atoms with Gasteiger partial charge in [-0.3, -0.25) is 4.79 Å². The second-order valence-corrected chi connectivity index (χ2v) is 8.93. The highest BCUT2D eigenvalue weighted by atomic mass is 32.2. The number of rotatable bonds is 2. The standard InChI is InChI=1S/C12H22N2O3S2/c1-19(16,17)10-9-18-8-7-14(10)11(15)12(13)5-3-2-4-6-12/h10H,2-9,13H2,1H3. The fourth-order valence-corrected chi connectivity index (χ4v) is 5.67. The molecular formula is C12H22N2O3S2. The molecule has 1 aliphatic carbocycles. The van der Waals surface area contributed by atoms with E-state index in [-0.39, 0.29) is 5.91 Å². The fourth-order valence-electron chi connectivity index (χ4n) is 2.85. The summed E-state index contributed by atoms with van der Waals surface area (Å²) in [7, 11) is -3.26. The quantitative estimate of drug-likeness (QED) is 0.808. The second kappa shape index (κ2) is 5.61. The van der Waals surface area contributed by atoms with Gasteiger partial charge in [0, 0.05) is 24.3 Å². The number of nitrogens with zero attached hydrogens (tertiary/aromatic N) is 1. The lowest BCUT2D eigenvalue weighted by Crippen LogP contribution is -2.61. The third-order valence-electron chi connectivity index (χ3n) is 4.01. The zero-order valence-electron chi connectivity index (χ0n) is 11.3. The molecule has 2 fully saturated rings. The van der Waals surface area contributed by atoms with Gasteiger partial charge in [-0.2, -0.15) is 11.8 Å². The zero-order valence-corrected chi connectivity index (χ0v) is 12.9. The Kier molecular flexibility index (Phi) is 4.47. The van der Waals surface area contributed by atoms with Gasteiger partial charge in [-0.15, -0.1) is 0 Å². The van der Waals surface area contributed by atoms with Gasteiger partial charge in [0.15, 0.2) is 9.84 Å². The van der Waals surface area contributed by atoms with Crippen molar-refractivity contribution in [1.82, 2.24) is 4.90 Å². The Hall–Kier alpha value is -0.270. The molecule has 0 spiro atoms. The van der Waals surface area contributed by atoms with Gasteiger partial charge in [0.1, 0.15) is 5.37 Å². The summed E-state index contributed by atoms with van der Waals surface area (Å²) in [6.07, 6.45) is 5.56. The number of thioether (sulfide) groups is 1. The molecule has 2 aliphatic rings. The SMILES string of the molecule is CS(=O)(=O)C1CSCCN1C(=O)C1(N)CCCCC1. The molecule has 1 saturated heterocycles. The molecule has 7 heteroatoms. The number of amides is 1. The molecule has 0 bridgehead atoms. The van der Waals surface area contributed by atoms with E-state index >= 15 is 0 Å². The van der Waals surface area contributed by atoms with Crippen LogP contribution >= 0.6 is 11.8 Å². The van der Waals surface area contributed by atoms with E-state index in [1.807, 2.05) is 0 Å². The van der Waals surface area contributed by atoms with Gasteiger partial charge >= 0.3 is 0 Å². The van der Waals surface area contributed by atoms with Crippen molar-refractivity contribution in [1.29, 1.82) is 0 Å². The summed E-state index contributed by atoms with van der Waals surface area (Å²) < 4.78 is 23.7. The predicted octanol–water partition coefficient (Wildman–Crippen LogP) is 0.594. The summed E-state index contributed by atoms with van der Waals surface area (Å²) in [4.78, 5) is 14.2. The van der Waals surface area contributed by atoms with Crippen molar-refractivity contribution in [2.45, 2.75) is 43.0 Å². The summed E-state index contributed by atoms with van der Waals surface area (Å²) in [6, 6.07) is 0. The van der Waals surface area contributed by atoms with Gasteiger partial charge < -0.3 is 10.6 Å². The lowest BCUT2D eigenvalue weighted by atomic mass is 9.81. The van der Waals surface area contributed by atoms with Crippen LogP contribution in [0.25, 0.3) is 0 Å². The van der Waals surface area contributed by atoms with Crippen LogP contribution in [0.15, 0.2) is 0 Å². The van der Waals surface area contributed by atoms with Gasteiger partial charge in [0.2, 0.25) is 5.91 Å². The minimum Gasteiger partial charge on any atom is -0.322 e. The molecule has 2 N–H and O–H groups in total. The summed E-state index contributed by atoms with van der Waals surface area (Å²) in [5.74, 6) is 1.08. The number of sulfone groups is 1. The number of hydrogen-bond donors (Lipinski definition) is 1. The van der Waals surface area contributed by atoms with Crippen LogP contribution in [0, 0.1) is 0 Å². The number of nitrogens with two attached hydrogens (primary N) is 1. The molecule has 5 nitrogen and oxygen atoms in total. The highest BCUT2D eigenvalue weighted by Gasteiger charge is 2.43. The van der Waals surface area contributed by atoms with E-state index in [0.717, 1.165) is 25.0 Å². The minimum absolute atomic E-state index is 0.164. The van der Waals surface area contributed by atoms with E-state index in [4.69, 9.17) is 5.73 Å². The topological polar surface area (TPSA) is 80.5 Å². The second-order valence-electron chi connectivity index (χ2n) is 5.57. The smallest absolute Gasteiger partial charge is 0.243 e. The monoisotopic (exact) mass is 306 g/mol. The molecule has 19 heavy (non-hydrogen) atoms. The summed E-state index contributed by atoms with van der Waals surface area (Å²) in [5.41, 5.74) is 5.40. The van der Waals surface area contributed by atoms with Crippen LogP contribution in [0.1, 0.15) is 32.1 Å². The molecule has 1 heterocycles. The molecule has 110 valence electrons. The Morgan fingerprint density at radius 2 is 1.95 bits per heavy atom. The van der Waals surface area contributed by atoms with E-state index in [9.17, 15) is 13.2 Å². The molecule has 2 rings (SSSR count). The van der Waals surface area contributed by atoms with E-state index in [1.165, 1.54) is 11.2 Å². The number of carbonyl (C=O) groups is 1. The normalized spacial score (nSPS) is 28.1. The molecule has 1 atom stereocenters. The Morgan fingerprint density at radius 1 is 1.32 bits per heavy atom. The van der Waals surface area contributed by atoms with Crippen molar-refractivity contribution in [2.75, 3.05) is 24.3 Å². The molecule has 1 saturated carbocycles. The molecule has 1 amide bonds. The van der Waals surface area contributed by atoms with Crippen LogP contribution < -0.4 is 5.73 Å². The van der Waals surface area contributed by atoms with Crippen LogP contribution in [-0.4, -0.2) is 54.4 Å². The van der Waals surface area contributed by atoms with E-state index in [2.05, 4.69) is 0 Å². The molecule has 0 radical (unpaired) electrons. The Morgan fingerprint density at radius 3 is 2.53 bits per heavy atom. The first-order valence-corrected chi connectivity index (χ1v) is 9.82. The Labute approximate surface area is 119 Å². The fraction of sp³-hybridized carbons (Fsp3) is 0.917. The first-order chi connectivity index (χ1) is 8.84. The lowest BCUT2D eigenvalue weighted by Gasteiger charge is -2.41. The lowest BCUT2D eigenvalue weighted by molar-refractivity contribution is -0.138. The first-order valence-electron chi connectivity index (χ1n) is 6.71. The summed E-state index contributed by atoms with van der Waals surface area (Å²) in [6.45, 7) is 0.486. The number of hydrogen-bond acceptors (Lipinski definition) is 5. The maximum atomic E-state index is 12.7. The first kappa shape index (κ1) is 15.1. The van der Waals surface area contributed by atoms with Crippen molar-refractivity contribution >= 4 is 27.5 Å². The molecule has 1 aliphatic heterocycles. The van der Waals surface area contributed by atoms with Crippen molar-refractivity contribution in [3.05, 3.63) is 0 Å². The summed E-state index contributed by atoms with van der Waals surface area (Å²) in [5, 5.41) is -0.707. The van der Waals surface area contributed by atoms with Gasteiger partial charge in [0.25, 0.3) is 0 Å². The maximum Gasteiger partial charge on any atom is 0.243 e. The van der Waals surface area contributed by atoms with E-state index in [0.29, 0.717) is 25.1 Å². The largest absolute Gasteiger partial charge is 0.322 e. The highest BCUT2D eigenvalue weighted by Crippen LogP contribution is 2.30. The minimum atomic E-state index is -3.26. The van der Waals surface area contributed by atoms with Crippen molar-refractivity contribution < 1.29 is 13.2 Å². The Balaban J connectivity index is 2.20. The molecule has 0 aromatic heterocycles. The molecule has 0 aromatic rings. The van der Waals surface area contributed by atoms with E-state index < -0.39 is 20.8 Å². The van der Waals surface area contributed by atoms with Crippen LogP contribution in [0.5, 0.6) is 0 Å². The summed E-state index contributed by atoms with van der Waals surface area (Å²) >= 11 is 1.58. The average Bonchev–Trinajstić information content (AvgIpc) is 2.38. The van der Waals surface area contributed by atoms with Crippen LogP contribution in [0.2, 0.25) is 0 Å². The van der Waals surface area contributed by atoms with Crippen LogP contribution in [-0.2, 0) is 14.6 Å². The van der Waals surface area contributed by atoms with Crippen LogP contribution in [0.4, 0.5) is 0 Å². The van der Waals surface area contributed by atoms with Crippen molar-refractivity contribution in [3.63, 3.8) is 0 Å². The van der Waals surface area contributed by atoms with Gasteiger partial charge in [-0.05, 0) is 12.8 Å². The third-order valence-corrected chi connectivity index (χ3v) is 6.65. The van der Waals surface area contributed by atoms with Crippen LogP contribution in [0.3, 0.4) is 0 Å². The van der Waals surface area contributed by atoms with Gasteiger partial charge in [0.05, 0.1) is 5.54 Å². The zero-order chi connectivity index (χ0) is 14.1. The molecule has 1 unspecified atom stereocenters.